The van der Waals surface area contributed by atoms with Crippen molar-refractivity contribution in [2.45, 2.75) is 33.7 Å². The molecule has 0 fully saturated rings. The zero-order chi connectivity index (χ0) is 15.9. The molecule has 0 unspecified atom stereocenters. The monoisotopic (exact) mass is 296 g/mol. The summed E-state index contributed by atoms with van der Waals surface area (Å²) in [6.45, 7) is 7.63. The summed E-state index contributed by atoms with van der Waals surface area (Å²) in [6, 6.07) is 14.3. The van der Waals surface area contributed by atoms with Crippen molar-refractivity contribution in [2.75, 3.05) is 11.9 Å². The highest BCUT2D eigenvalue weighted by Gasteiger charge is 2.05. The van der Waals surface area contributed by atoms with E-state index in [2.05, 4.69) is 35.8 Å². The van der Waals surface area contributed by atoms with Gasteiger partial charge in [0, 0.05) is 25.2 Å². The van der Waals surface area contributed by atoms with Gasteiger partial charge >= 0.3 is 0 Å². The van der Waals surface area contributed by atoms with Gasteiger partial charge in [0.1, 0.15) is 0 Å². The number of amides is 1. The standard InChI is InChI=1S/C19H24N2O/c1-14-8-9-18(16(3)12-14)21-19(22)10-11-20-13-17-7-5-4-6-15(17)2/h4-9,12,20H,10-11,13H2,1-3H3,(H,21,22). The van der Waals surface area contributed by atoms with E-state index in [1.54, 1.807) is 0 Å². The predicted octanol–water partition coefficient (Wildman–Crippen LogP) is 3.73. The van der Waals surface area contributed by atoms with Gasteiger partial charge in [-0.15, -0.1) is 0 Å². The van der Waals surface area contributed by atoms with E-state index in [4.69, 9.17) is 0 Å². The van der Waals surface area contributed by atoms with Crippen LogP contribution in [0.4, 0.5) is 5.69 Å². The first-order chi connectivity index (χ1) is 10.6. The molecular weight excluding hydrogens is 272 g/mol. The number of carbonyl (C=O) groups is 1. The molecule has 0 saturated carbocycles. The molecule has 3 nitrogen and oxygen atoms in total. The van der Waals surface area contributed by atoms with Crippen molar-refractivity contribution in [2.24, 2.45) is 0 Å². The van der Waals surface area contributed by atoms with Crippen LogP contribution in [0.3, 0.4) is 0 Å². The van der Waals surface area contributed by atoms with Gasteiger partial charge in [-0.25, -0.2) is 0 Å². The quantitative estimate of drug-likeness (QED) is 0.798. The lowest BCUT2D eigenvalue weighted by atomic mass is 10.1. The van der Waals surface area contributed by atoms with Gasteiger partial charge in [-0.05, 0) is 43.5 Å². The molecule has 3 heteroatoms. The number of carbonyl (C=O) groups excluding carboxylic acids is 1. The van der Waals surface area contributed by atoms with Crippen LogP contribution in [0.2, 0.25) is 0 Å². The first-order valence-electron chi connectivity index (χ1n) is 7.68. The fourth-order valence-electron chi connectivity index (χ4n) is 2.40. The van der Waals surface area contributed by atoms with Crippen LogP contribution in [0.1, 0.15) is 28.7 Å². The molecule has 22 heavy (non-hydrogen) atoms. The lowest BCUT2D eigenvalue weighted by molar-refractivity contribution is -0.116. The maximum absolute atomic E-state index is 12.0. The van der Waals surface area contributed by atoms with Crippen LogP contribution in [0, 0.1) is 20.8 Å². The van der Waals surface area contributed by atoms with Crippen molar-refractivity contribution < 1.29 is 4.79 Å². The van der Waals surface area contributed by atoms with Gasteiger partial charge in [-0.3, -0.25) is 4.79 Å². The van der Waals surface area contributed by atoms with Crippen molar-refractivity contribution in [1.82, 2.24) is 5.32 Å². The van der Waals surface area contributed by atoms with Crippen LogP contribution < -0.4 is 10.6 Å². The average molecular weight is 296 g/mol. The molecule has 2 aromatic rings. The zero-order valence-electron chi connectivity index (χ0n) is 13.6. The molecule has 0 atom stereocenters. The average Bonchev–Trinajstić information content (AvgIpc) is 2.48. The van der Waals surface area contributed by atoms with Gasteiger partial charge in [0.15, 0.2) is 0 Å². The second-order valence-corrected chi connectivity index (χ2v) is 5.72. The SMILES string of the molecule is Cc1ccc(NC(=O)CCNCc2ccccc2C)c(C)c1. The third-order valence-electron chi connectivity index (χ3n) is 3.76. The fourth-order valence-corrected chi connectivity index (χ4v) is 2.40. The minimum Gasteiger partial charge on any atom is -0.326 e. The van der Waals surface area contributed by atoms with Crippen LogP contribution >= 0.6 is 0 Å². The third kappa shape index (κ3) is 4.71. The van der Waals surface area contributed by atoms with Crippen LogP contribution in [0.15, 0.2) is 42.5 Å². The topological polar surface area (TPSA) is 41.1 Å². The molecule has 2 rings (SSSR count). The summed E-state index contributed by atoms with van der Waals surface area (Å²) < 4.78 is 0. The normalized spacial score (nSPS) is 10.5. The molecule has 116 valence electrons. The molecule has 2 N–H and O–H groups in total. The number of hydrogen-bond donors (Lipinski definition) is 2. The number of hydrogen-bond acceptors (Lipinski definition) is 2. The highest BCUT2D eigenvalue weighted by Crippen LogP contribution is 2.16. The molecule has 0 aromatic heterocycles. The first-order valence-corrected chi connectivity index (χ1v) is 7.68. The Labute approximate surface area is 132 Å². The maximum Gasteiger partial charge on any atom is 0.225 e. The largest absolute Gasteiger partial charge is 0.326 e. The molecule has 2 aromatic carbocycles. The van der Waals surface area contributed by atoms with Gasteiger partial charge in [-0.1, -0.05) is 42.0 Å². The molecule has 1 amide bonds. The van der Waals surface area contributed by atoms with E-state index in [-0.39, 0.29) is 5.91 Å². The molecule has 0 aliphatic carbocycles. The van der Waals surface area contributed by atoms with E-state index in [1.807, 2.05) is 38.1 Å². The van der Waals surface area contributed by atoms with Crippen LogP contribution in [0.25, 0.3) is 0 Å². The summed E-state index contributed by atoms with van der Waals surface area (Å²) in [5.41, 5.74) is 5.75. The Bertz CT molecular complexity index is 650. The Hall–Kier alpha value is -2.13. The highest BCUT2D eigenvalue weighted by atomic mass is 16.1. The summed E-state index contributed by atoms with van der Waals surface area (Å²) in [4.78, 5) is 12.0. The number of nitrogens with one attached hydrogen (secondary N) is 2. The van der Waals surface area contributed by atoms with Gasteiger partial charge < -0.3 is 10.6 Å². The maximum atomic E-state index is 12.0. The van der Waals surface area contributed by atoms with E-state index >= 15 is 0 Å². The van der Waals surface area contributed by atoms with Gasteiger partial charge in [0.05, 0.1) is 0 Å². The predicted molar refractivity (Wildman–Crippen MR) is 92.0 cm³/mol. The number of rotatable bonds is 6. The van der Waals surface area contributed by atoms with Crippen molar-refractivity contribution in [1.29, 1.82) is 0 Å². The fraction of sp³-hybridized carbons (Fsp3) is 0.316. The van der Waals surface area contributed by atoms with Gasteiger partial charge in [0.2, 0.25) is 5.91 Å². The Morgan fingerprint density at radius 2 is 1.77 bits per heavy atom. The molecule has 0 bridgehead atoms. The minimum absolute atomic E-state index is 0.0456. The van der Waals surface area contributed by atoms with Gasteiger partial charge in [0.25, 0.3) is 0 Å². The molecule has 0 aliphatic heterocycles. The second-order valence-electron chi connectivity index (χ2n) is 5.72. The van der Waals surface area contributed by atoms with Crippen LogP contribution in [-0.4, -0.2) is 12.5 Å². The zero-order valence-corrected chi connectivity index (χ0v) is 13.6. The highest BCUT2D eigenvalue weighted by molar-refractivity contribution is 5.91. The Morgan fingerprint density at radius 1 is 1.00 bits per heavy atom. The summed E-state index contributed by atoms with van der Waals surface area (Å²) in [5.74, 6) is 0.0456. The van der Waals surface area contributed by atoms with E-state index < -0.39 is 0 Å². The summed E-state index contributed by atoms with van der Waals surface area (Å²) in [7, 11) is 0. The van der Waals surface area contributed by atoms with Crippen molar-refractivity contribution in [3.8, 4) is 0 Å². The van der Waals surface area contributed by atoms with Gasteiger partial charge in [-0.2, -0.15) is 0 Å². The molecule has 0 spiro atoms. The van der Waals surface area contributed by atoms with E-state index in [9.17, 15) is 4.79 Å². The number of anilines is 1. The molecule has 0 aliphatic rings. The van der Waals surface area contributed by atoms with Crippen molar-refractivity contribution >= 4 is 11.6 Å². The van der Waals surface area contributed by atoms with E-state index in [1.165, 1.54) is 16.7 Å². The van der Waals surface area contributed by atoms with Crippen LogP contribution in [0.5, 0.6) is 0 Å². The smallest absolute Gasteiger partial charge is 0.225 e. The molecule has 0 heterocycles. The van der Waals surface area contributed by atoms with Crippen molar-refractivity contribution in [3.63, 3.8) is 0 Å². The second kappa shape index (κ2) is 7.76. The Morgan fingerprint density at radius 3 is 2.50 bits per heavy atom. The molecule has 0 radical (unpaired) electrons. The Kier molecular flexibility index (Phi) is 5.73. The lowest BCUT2D eigenvalue weighted by Gasteiger charge is -2.10. The van der Waals surface area contributed by atoms with Crippen molar-refractivity contribution in [3.05, 3.63) is 64.7 Å². The van der Waals surface area contributed by atoms with E-state index in [0.29, 0.717) is 13.0 Å². The lowest BCUT2D eigenvalue weighted by Crippen LogP contribution is -2.22. The minimum atomic E-state index is 0.0456. The summed E-state index contributed by atoms with van der Waals surface area (Å²) in [6.07, 6.45) is 0.471. The molecular formula is C19H24N2O. The van der Waals surface area contributed by atoms with E-state index in [0.717, 1.165) is 17.8 Å². The number of aryl methyl sites for hydroxylation is 3. The van der Waals surface area contributed by atoms with Crippen LogP contribution in [-0.2, 0) is 11.3 Å². The Balaban J connectivity index is 1.75. The summed E-state index contributed by atoms with van der Waals surface area (Å²) >= 11 is 0. The third-order valence-corrected chi connectivity index (χ3v) is 3.76. The number of benzene rings is 2. The first kappa shape index (κ1) is 16.2. The molecule has 0 saturated heterocycles. The summed E-state index contributed by atoms with van der Waals surface area (Å²) in [5, 5.41) is 6.29.